The third-order valence-corrected chi connectivity index (χ3v) is 12.4. The number of aliphatic hydroxyl groups excluding tert-OH is 1. The van der Waals surface area contributed by atoms with Crippen LogP contribution in [-0.2, 0) is 10.0 Å². The van der Waals surface area contributed by atoms with Crippen LogP contribution in [0.15, 0.2) is 47.4 Å². The van der Waals surface area contributed by atoms with Crippen LogP contribution in [0.5, 0.6) is 0 Å². The maximum absolute atomic E-state index is 13.7. The van der Waals surface area contributed by atoms with E-state index in [1.54, 1.807) is 22.5 Å². The number of sulfonamides is 1. The maximum atomic E-state index is 13.7. The molecule has 37 heavy (non-hydrogen) atoms. The Hall–Kier alpha value is -1.60. The van der Waals surface area contributed by atoms with Crippen LogP contribution in [0.1, 0.15) is 51.4 Å². The number of piperidine rings is 1. The zero-order valence-electron chi connectivity index (χ0n) is 21.4. The van der Waals surface area contributed by atoms with E-state index in [2.05, 4.69) is 4.90 Å². The summed E-state index contributed by atoms with van der Waals surface area (Å²) in [7, 11) is -3.65. The lowest BCUT2D eigenvalue weighted by Crippen LogP contribution is -2.55. The first-order chi connectivity index (χ1) is 17.8. The molecule has 8 rings (SSSR count). The van der Waals surface area contributed by atoms with Gasteiger partial charge >= 0.3 is 0 Å². The van der Waals surface area contributed by atoms with Crippen LogP contribution >= 0.6 is 11.6 Å². The standard InChI is InChI=1S/C30H37ClN2O3S/c31-24-5-6-25-26-3-1-2-4-28(26)37(35,36)33(27(25)14-24)18-20-7-9-32(10-8-20)19-29(34)30-15-21-11-22(16-30)13-23(12-21)17-30/h1-6,14,20-23,29,34H,7-13,15-19H2/t21?,22?,23?,29-,30?/m0/s1. The molecule has 5 nitrogen and oxygen atoms in total. The highest BCUT2D eigenvalue weighted by atomic mass is 35.5. The summed E-state index contributed by atoms with van der Waals surface area (Å²) >= 11 is 6.33. The van der Waals surface area contributed by atoms with Gasteiger partial charge in [0.05, 0.1) is 16.7 Å². The van der Waals surface area contributed by atoms with E-state index in [1.165, 1.54) is 38.5 Å². The largest absolute Gasteiger partial charge is 0.391 e. The number of aliphatic hydroxyl groups is 1. The van der Waals surface area contributed by atoms with Gasteiger partial charge in [0.2, 0.25) is 0 Å². The highest BCUT2D eigenvalue weighted by Crippen LogP contribution is 2.61. The quantitative estimate of drug-likeness (QED) is 0.520. The lowest BCUT2D eigenvalue weighted by atomic mass is 9.48. The number of benzene rings is 2. The highest BCUT2D eigenvalue weighted by Gasteiger charge is 2.54. The summed E-state index contributed by atoms with van der Waals surface area (Å²) in [4.78, 5) is 2.81. The number of halogens is 1. The van der Waals surface area contributed by atoms with Gasteiger partial charge in [-0.2, -0.15) is 0 Å². The predicted molar refractivity (Wildman–Crippen MR) is 147 cm³/mol. The number of fused-ring (bicyclic) bond motifs is 3. The van der Waals surface area contributed by atoms with Gasteiger partial charge < -0.3 is 10.0 Å². The summed E-state index contributed by atoms with van der Waals surface area (Å²) in [5.41, 5.74) is 2.51. The first kappa shape index (κ1) is 24.4. The van der Waals surface area contributed by atoms with Crippen molar-refractivity contribution in [1.29, 1.82) is 0 Å². The fourth-order valence-electron chi connectivity index (χ4n) is 8.91. The van der Waals surface area contributed by atoms with Gasteiger partial charge in [0.15, 0.2) is 0 Å². The molecule has 7 heteroatoms. The Morgan fingerprint density at radius 1 is 0.946 bits per heavy atom. The van der Waals surface area contributed by atoms with Crippen molar-refractivity contribution >= 4 is 27.3 Å². The molecule has 0 aromatic heterocycles. The van der Waals surface area contributed by atoms with Crippen molar-refractivity contribution in [3.63, 3.8) is 0 Å². The van der Waals surface area contributed by atoms with E-state index in [4.69, 9.17) is 11.6 Å². The van der Waals surface area contributed by atoms with Gasteiger partial charge in [-0.3, -0.25) is 4.31 Å². The van der Waals surface area contributed by atoms with Gasteiger partial charge in [-0.1, -0.05) is 35.9 Å². The van der Waals surface area contributed by atoms with Gasteiger partial charge in [0.25, 0.3) is 10.0 Å². The molecule has 1 atom stereocenters. The van der Waals surface area contributed by atoms with Crippen molar-refractivity contribution in [3.8, 4) is 11.1 Å². The van der Waals surface area contributed by atoms with Gasteiger partial charge in [-0.25, -0.2) is 8.42 Å². The Morgan fingerprint density at radius 3 is 2.27 bits per heavy atom. The minimum Gasteiger partial charge on any atom is -0.391 e. The molecule has 1 saturated heterocycles. The molecule has 1 N–H and O–H groups in total. The third kappa shape index (κ3) is 4.14. The molecule has 6 aliphatic rings. The van der Waals surface area contributed by atoms with Crippen molar-refractivity contribution in [2.24, 2.45) is 29.1 Å². The minimum absolute atomic E-state index is 0.157. The summed E-state index contributed by atoms with van der Waals surface area (Å²) in [6.45, 7) is 3.07. The first-order valence-corrected chi connectivity index (χ1v) is 15.9. The van der Waals surface area contributed by atoms with Gasteiger partial charge in [0, 0.05) is 29.2 Å². The molecule has 0 radical (unpaired) electrons. The Balaban J connectivity index is 1.04. The summed E-state index contributed by atoms with van der Waals surface area (Å²) in [6, 6.07) is 12.8. The van der Waals surface area contributed by atoms with E-state index in [0.717, 1.165) is 61.4 Å². The molecule has 198 valence electrons. The molecule has 5 fully saturated rings. The van der Waals surface area contributed by atoms with Crippen molar-refractivity contribution < 1.29 is 13.5 Å². The number of β-amino-alcohol motifs (C(OH)–C–C–N with tert-alkyl or cyclic N) is 1. The summed E-state index contributed by atoms with van der Waals surface area (Å²) in [5.74, 6) is 2.82. The van der Waals surface area contributed by atoms with E-state index in [1.807, 2.05) is 24.3 Å². The summed E-state index contributed by atoms with van der Waals surface area (Å²) in [5, 5.41) is 12.0. The molecule has 4 bridgehead atoms. The van der Waals surface area contributed by atoms with Crippen molar-refractivity contribution in [1.82, 2.24) is 4.90 Å². The lowest BCUT2D eigenvalue weighted by Gasteiger charge is -2.59. The van der Waals surface area contributed by atoms with E-state index in [0.29, 0.717) is 22.2 Å². The second-order valence-corrected chi connectivity index (χ2v) is 15.0. The lowest BCUT2D eigenvalue weighted by molar-refractivity contribution is -0.127. The number of likely N-dealkylation sites (tertiary alicyclic amines) is 1. The molecule has 0 amide bonds. The van der Waals surface area contributed by atoms with Crippen LogP contribution in [0.3, 0.4) is 0 Å². The zero-order chi connectivity index (χ0) is 25.4. The second-order valence-electron chi connectivity index (χ2n) is 12.7. The first-order valence-electron chi connectivity index (χ1n) is 14.1. The van der Waals surface area contributed by atoms with Crippen LogP contribution in [-0.4, -0.2) is 50.7 Å². The molecule has 0 spiro atoms. The van der Waals surface area contributed by atoms with Crippen LogP contribution < -0.4 is 4.31 Å². The number of hydrogen-bond acceptors (Lipinski definition) is 4. The number of hydrogen-bond donors (Lipinski definition) is 1. The Morgan fingerprint density at radius 2 is 1.59 bits per heavy atom. The van der Waals surface area contributed by atoms with Gasteiger partial charge in [-0.15, -0.1) is 0 Å². The van der Waals surface area contributed by atoms with Crippen molar-refractivity contribution in [2.45, 2.75) is 62.4 Å². The van der Waals surface area contributed by atoms with Crippen LogP contribution in [0, 0.1) is 29.1 Å². The van der Waals surface area contributed by atoms with Crippen molar-refractivity contribution in [3.05, 3.63) is 47.5 Å². The molecule has 0 unspecified atom stereocenters. The van der Waals surface area contributed by atoms with Gasteiger partial charge in [0.1, 0.15) is 0 Å². The number of anilines is 1. The minimum atomic E-state index is -3.65. The molecule has 2 aromatic carbocycles. The molecule has 4 saturated carbocycles. The van der Waals surface area contributed by atoms with Crippen molar-refractivity contribution in [2.75, 3.05) is 30.5 Å². The molecule has 2 heterocycles. The Kier molecular flexibility index (Phi) is 5.93. The van der Waals surface area contributed by atoms with Crippen LogP contribution in [0.2, 0.25) is 5.02 Å². The normalized spacial score (nSPS) is 33.2. The predicted octanol–water partition coefficient (Wildman–Crippen LogP) is 5.81. The fraction of sp³-hybridized carbons (Fsp3) is 0.600. The van der Waals surface area contributed by atoms with Gasteiger partial charge in [-0.05, 0) is 112 Å². The van der Waals surface area contributed by atoms with E-state index in [-0.39, 0.29) is 17.4 Å². The average molecular weight is 541 g/mol. The Bertz CT molecular complexity index is 1270. The monoisotopic (exact) mass is 540 g/mol. The molecular formula is C30H37ClN2O3S. The zero-order valence-corrected chi connectivity index (χ0v) is 22.9. The van der Waals surface area contributed by atoms with Crippen LogP contribution in [0.4, 0.5) is 5.69 Å². The van der Waals surface area contributed by atoms with Crippen LogP contribution in [0.25, 0.3) is 11.1 Å². The average Bonchev–Trinajstić information content (AvgIpc) is 2.87. The smallest absolute Gasteiger partial charge is 0.264 e. The SMILES string of the molecule is O=S1(=O)c2ccccc2-c2ccc(Cl)cc2N1CC1CCN(C[C@H](O)C23CC4CC(CC(C4)C2)C3)CC1. The maximum Gasteiger partial charge on any atom is 0.264 e. The molecule has 2 aliphatic heterocycles. The molecule has 4 aliphatic carbocycles. The van der Waals surface area contributed by atoms with E-state index < -0.39 is 10.0 Å². The number of nitrogens with zero attached hydrogens (tertiary/aromatic N) is 2. The summed E-state index contributed by atoms with van der Waals surface area (Å²) < 4.78 is 29.0. The molecular weight excluding hydrogens is 504 g/mol. The Labute approximate surface area is 225 Å². The topological polar surface area (TPSA) is 60.9 Å². The third-order valence-electron chi connectivity index (χ3n) is 10.3. The van der Waals surface area contributed by atoms with E-state index >= 15 is 0 Å². The number of rotatable bonds is 5. The molecule has 2 aromatic rings. The van der Waals surface area contributed by atoms with E-state index in [9.17, 15) is 13.5 Å². The highest BCUT2D eigenvalue weighted by molar-refractivity contribution is 7.93. The summed E-state index contributed by atoms with van der Waals surface area (Å²) in [6.07, 6.45) is 9.53. The fourth-order valence-corrected chi connectivity index (χ4v) is 10.8. The second kappa shape index (κ2) is 8.97.